The molecule has 1 amide bonds. The topological polar surface area (TPSA) is 90.5 Å². The van der Waals surface area contributed by atoms with E-state index in [1.807, 2.05) is 6.07 Å². The number of nitrogens with zero attached hydrogens (tertiary/aromatic N) is 4. The number of hydrogen-bond donors (Lipinski definition) is 0. The molecule has 2 unspecified atom stereocenters. The Kier molecular flexibility index (Phi) is 3.83. The lowest BCUT2D eigenvalue weighted by atomic mass is 9.83. The van der Waals surface area contributed by atoms with Crippen LogP contribution in [-0.2, 0) is 4.79 Å². The summed E-state index contributed by atoms with van der Waals surface area (Å²) in [6.45, 7) is 1.64. The third-order valence-corrected chi connectivity index (χ3v) is 5.67. The van der Waals surface area contributed by atoms with Crippen molar-refractivity contribution in [3.63, 3.8) is 0 Å². The van der Waals surface area contributed by atoms with Crippen LogP contribution in [0.4, 0.5) is 11.4 Å². The Hall–Kier alpha value is -2.62. The van der Waals surface area contributed by atoms with Crippen molar-refractivity contribution in [2.24, 2.45) is 5.92 Å². The summed E-state index contributed by atoms with van der Waals surface area (Å²) in [6.07, 6.45) is 4.71. The second-order valence-electron chi connectivity index (χ2n) is 7.20. The molecule has 2 heterocycles. The number of benzene rings is 1. The van der Waals surface area contributed by atoms with Gasteiger partial charge in [-0.3, -0.25) is 14.9 Å². The van der Waals surface area contributed by atoms with Gasteiger partial charge in [0.25, 0.3) is 5.69 Å². The molecule has 3 aliphatic rings. The minimum atomic E-state index is -0.519. The molecule has 130 valence electrons. The molecule has 1 saturated carbocycles. The number of piperidine rings is 2. The molecule has 0 radical (unpaired) electrons. The molecule has 0 N–H and O–H groups in total. The predicted molar refractivity (Wildman–Crippen MR) is 91.0 cm³/mol. The van der Waals surface area contributed by atoms with Crippen LogP contribution in [-0.4, -0.2) is 40.9 Å². The van der Waals surface area contributed by atoms with E-state index in [4.69, 9.17) is 0 Å². The fourth-order valence-corrected chi connectivity index (χ4v) is 4.32. The third-order valence-electron chi connectivity index (χ3n) is 5.67. The predicted octanol–water partition coefficient (Wildman–Crippen LogP) is 2.45. The summed E-state index contributed by atoms with van der Waals surface area (Å²) in [4.78, 5) is 27.1. The molecule has 1 aromatic carbocycles. The smallest absolute Gasteiger partial charge is 0.287 e. The number of carbonyl (C=O) groups is 1. The highest BCUT2D eigenvalue weighted by Gasteiger charge is 2.45. The van der Waals surface area contributed by atoms with Gasteiger partial charge in [0.05, 0.1) is 4.92 Å². The van der Waals surface area contributed by atoms with Crippen LogP contribution in [0.1, 0.15) is 37.7 Å². The van der Waals surface area contributed by atoms with Gasteiger partial charge in [-0.1, -0.05) is 0 Å². The summed E-state index contributed by atoms with van der Waals surface area (Å²) < 4.78 is 0. The summed E-state index contributed by atoms with van der Waals surface area (Å²) in [5, 5.41) is 20.2. The highest BCUT2D eigenvalue weighted by Crippen LogP contribution is 2.40. The van der Waals surface area contributed by atoms with E-state index in [0.29, 0.717) is 30.3 Å². The van der Waals surface area contributed by atoms with Gasteiger partial charge in [0.2, 0.25) is 5.91 Å². The summed E-state index contributed by atoms with van der Waals surface area (Å²) in [5.41, 5.74) is 0.808. The summed E-state index contributed by atoms with van der Waals surface area (Å²) in [7, 11) is 0. The van der Waals surface area contributed by atoms with E-state index < -0.39 is 4.92 Å². The van der Waals surface area contributed by atoms with Crippen LogP contribution in [0.2, 0.25) is 0 Å². The van der Waals surface area contributed by atoms with Gasteiger partial charge in [0, 0.05) is 43.3 Å². The Bertz CT molecular complexity index is 768. The maximum Gasteiger partial charge on any atom is 0.287 e. The lowest BCUT2D eigenvalue weighted by molar-refractivity contribution is -0.385. The maximum atomic E-state index is 12.3. The lowest BCUT2D eigenvalue weighted by Crippen LogP contribution is -2.56. The number of nitro benzene ring substituents is 1. The number of amides is 1. The van der Waals surface area contributed by atoms with Gasteiger partial charge in [-0.15, -0.1) is 0 Å². The fourth-order valence-electron chi connectivity index (χ4n) is 4.32. The first-order chi connectivity index (χ1) is 12.1. The molecule has 0 spiro atoms. The number of nitro groups is 1. The molecule has 3 fully saturated rings. The highest BCUT2D eigenvalue weighted by atomic mass is 16.6. The number of nitriles is 1. The number of likely N-dealkylation sites (tertiary alicyclic amines) is 1. The third kappa shape index (κ3) is 2.82. The van der Waals surface area contributed by atoms with Crippen molar-refractivity contribution in [2.75, 3.05) is 18.0 Å². The van der Waals surface area contributed by atoms with E-state index in [1.165, 1.54) is 6.07 Å². The molecule has 2 aliphatic heterocycles. The van der Waals surface area contributed by atoms with Gasteiger partial charge in [0.15, 0.2) is 0 Å². The number of fused-ring (bicyclic) bond motifs is 1. The SMILES string of the molecule is N#Cc1cc(N2CCC3C(CCC(=O)N3C3CC3)C2)ccc1[N+](=O)[O-]. The van der Waals surface area contributed by atoms with Crippen LogP contribution in [0.3, 0.4) is 0 Å². The second-order valence-corrected chi connectivity index (χ2v) is 7.20. The van der Waals surface area contributed by atoms with Gasteiger partial charge >= 0.3 is 0 Å². The van der Waals surface area contributed by atoms with Crippen molar-refractivity contribution in [3.05, 3.63) is 33.9 Å². The van der Waals surface area contributed by atoms with Crippen molar-refractivity contribution in [2.45, 2.75) is 44.2 Å². The standard InChI is InChI=1S/C18H20N4O3/c19-10-13-9-15(4-5-17(13)22(24)25)20-8-7-16-12(11-20)1-6-18(23)21(16)14-2-3-14/h4-5,9,12,14,16H,1-3,6-8,11H2. The van der Waals surface area contributed by atoms with Crippen molar-refractivity contribution in [3.8, 4) is 6.07 Å². The van der Waals surface area contributed by atoms with Crippen LogP contribution in [0.15, 0.2) is 18.2 Å². The Balaban J connectivity index is 1.54. The molecular formula is C18H20N4O3. The summed E-state index contributed by atoms with van der Waals surface area (Å²) >= 11 is 0. The van der Waals surface area contributed by atoms with Crippen LogP contribution in [0.25, 0.3) is 0 Å². The molecule has 0 bridgehead atoms. The number of hydrogen-bond acceptors (Lipinski definition) is 5. The van der Waals surface area contributed by atoms with Crippen molar-refractivity contribution in [1.82, 2.24) is 4.90 Å². The summed E-state index contributed by atoms with van der Waals surface area (Å²) in [6, 6.07) is 7.48. The van der Waals surface area contributed by atoms with E-state index >= 15 is 0 Å². The fraction of sp³-hybridized carbons (Fsp3) is 0.556. The zero-order valence-electron chi connectivity index (χ0n) is 13.9. The van der Waals surface area contributed by atoms with Gasteiger partial charge in [-0.25, -0.2) is 0 Å². The van der Waals surface area contributed by atoms with Crippen molar-refractivity contribution < 1.29 is 9.72 Å². The van der Waals surface area contributed by atoms with E-state index in [1.54, 1.807) is 12.1 Å². The van der Waals surface area contributed by atoms with Crippen LogP contribution >= 0.6 is 0 Å². The zero-order chi connectivity index (χ0) is 17.6. The maximum absolute atomic E-state index is 12.3. The number of anilines is 1. The average Bonchev–Trinajstić information content (AvgIpc) is 3.45. The van der Waals surface area contributed by atoms with E-state index in [9.17, 15) is 20.2 Å². The normalized spacial score (nSPS) is 26.1. The molecule has 7 nitrogen and oxygen atoms in total. The molecule has 0 aromatic heterocycles. The Labute approximate surface area is 146 Å². The minimum absolute atomic E-state index is 0.100. The minimum Gasteiger partial charge on any atom is -0.371 e. The molecular weight excluding hydrogens is 320 g/mol. The van der Waals surface area contributed by atoms with Crippen LogP contribution < -0.4 is 4.90 Å². The molecule has 2 saturated heterocycles. The van der Waals surface area contributed by atoms with E-state index in [0.717, 1.165) is 44.5 Å². The number of carbonyl (C=O) groups excluding carboxylic acids is 1. The first-order valence-electron chi connectivity index (χ1n) is 8.83. The zero-order valence-corrected chi connectivity index (χ0v) is 13.9. The Morgan fingerprint density at radius 3 is 2.72 bits per heavy atom. The molecule has 4 rings (SSSR count). The van der Waals surface area contributed by atoms with Crippen LogP contribution in [0.5, 0.6) is 0 Å². The molecule has 1 aromatic rings. The Morgan fingerprint density at radius 2 is 2.04 bits per heavy atom. The van der Waals surface area contributed by atoms with Gasteiger partial charge in [0.1, 0.15) is 11.6 Å². The average molecular weight is 340 g/mol. The molecule has 25 heavy (non-hydrogen) atoms. The quantitative estimate of drug-likeness (QED) is 0.623. The van der Waals surface area contributed by atoms with Crippen LogP contribution in [0, 0.1) is 27.4 Å². The highest BCUT2D eigenvalue weighted by molar-refractivity contribution is 5.78. The second kappa shape index (κ2) is 6.03. The first kappa shape index (κ1) is 15.9. The van der Waals surface area contributed by atoms with E-state index in [2.05, 4.69) is 9.80 Å². The first-order valence-corrected chi connectivity index (χ1v) is 8.83. The largest absolute Gasteiger partial charge is 0.371 e. The monoisotopic (exact) mass is 340 g/mol. The van der Waals surface area contributed by atoms with Gasteiger partial charge < -0.3 is 9.80 Å². The van der Waals surface area contributed by atoms with Crippen molar-refractivity contribution in [1.29, 1.82) is 5.26 Å². The van der Waals surface area contributed by atoms with E-state index in [-0.39, 0.29) is 11.3 Å². The van der Waals surface area contributed by atoms with Gasteiger partial charge in [-0.05, 0) is 43.7 Å². The van der Waals surface area contributed by atoms with Gasteiger partial charge in [-0.2, -0.15) is 5.26 Å². The van der Waals surface area contributed by atoms with Crippen molar-refractivity contribution >= 4 is 17.3 Å². The summed E-state index contributed by atoms with van der Waals surface area (Å²) in [5.74, 6) is 0.743. The molecule has 1 aliphatic carbocycles. The lowest BCUT2D eigenvalue weighted by Gasteiger charge is -2.48. The molecule has 7 heteroatoms. The number of rotatable bonds is 3. The molecule has 2 atom stereocenters. The Morgan fingerprint density at radius 1 is 1.24 bits per heavy atom.